The van der Waals surface area contributed by atoms with Crippen molar-refractivity contribution >= 4 is 27.5 Å². The standard InChI is InChI=1S/C15H15ClN2O2S/c1-18(2)15(12-6-4-3-5-7-12)17-21(19,20)14-10-8-13(16)9-11-14/h3-11H,1-2H3/b17-15+. The first kappa shape index (κ1) is 15.5. The van der Waals surface area contributed by atoms with Gasteiger partial charge in [0, 0.05) is 24.7 Å². The normalized spacial score (nSPS) is 12.2. The molecule has 0 aromatic heterocycles. The Morgan fingerprint density at radius 3 is 2.10 bits per heavy atom. The van der Waals surface area contributed by atoms with Crippen LogP contribution in [-0.2, 0) is 10.0 Å². The van der Waals surface area contributed by atoms with Crippen molar-refractivity contribution in [1.29, 1.82) is 0 Å². The van der Waals surface area contributed by atoms with Crippen molar-refractivity contribution in [2.45, 2.75) is 4.90 Å². The SMILES string of the molecule is CN(C)/C(=N/S(=O)(=O)c1ccc(Cl)cc1)c1ccccc1. The summed E-state index contributed by atoms with van der Waals surface area (Å²) in [4.78, 5) is 1.78. The van der Waals surface area contributed by atoms with E-state index in [0.29, 0.717) is 10.9 Å². The van der Waals surface area contributed by atoms with Gasteiger partial charge in [-0.25, -0.2) is 0 Å². The van der Waals surface area contributed by atoms with Crippen LogP contribution >= 0.6 is 11.6 Å². The van der Waals surface area contributed by atoms with Gasteiger partial charge in [0.15, 0.2) is 0 Å². The van der Waals surface area contributed by atoms with Crippen LogP contribution in [0.15, 0.2) is 63.9 Å². The Kier molecular flexibility index (Phi) is 4.65. The lowest BCUT2D eigenvalue weighted by Crippen LogP contribution is -2.24. The van der Waals surface area contributed by atoms with Crippen molar-refractivity contribution in [3.63, 3.8) is 0 Å². The molecule has 0 spiro atoms. The zero-order valence-corrected chi connectivity index (χ0v) is 13.3. The molecular formula is C15H15ClN2O2S. The molecule has 0 saturated carbocycles. The fourth-order valence-corrected chi connectivity index (χ4v) is 2.96. The summed E-state index contributed by atoms with van der Waals surface area (Å²) in [7, 11) is -0.275. The summed E-state index contributed by atoms with van der Waals surface area (Å²) < 4.78 is 28.7. The van der Waals surface area contributed by atoms with Crippen LogP contribution in [0.3, 0.4) is 0 Å². The topological polar surface area (TPSA) is 49.7 Å². The van der Waals surface area contributed by atoms with Crippen LogP contribution in [-0.4, -0.2) is 33.2 Å². The maximum Gasteiger partial charge on any atom is 0.284 e. The highest BCUT2D eigenvalue weighted by Crippen LogP contribution is 2.17. The number of halogens is 1. The molecule has 0 radical (unpaired) electrons. The van der Waals surface area contributed by atoms with Crippen molar-refractivity contribution in [2.24, 2.45) is 4.40 Å². The average molecular weight is 323 g/mol. The number of benzene rings is 2. The summed E-state index contributed by atoms with van der Waals surface area (Å²) in [5, 5.41) is 0.480. The molecule has 2 aromatic carbocycles. The Labute approximate surface area is 129 Å². The molecule has 0 amide bonds. The van der Waals surface area contributed by atoms with Gasteiger partial charge in [-0.05, 0) is 24.3 Å². The molecule has 6 heteroatoms. The molecule has 0 fully saturated rings. The smallest absolute Gasteiger partial charge is 0.284 e. The zero-order chi connectivity index (χ0) is 15.5. The molecular weight excluding hydrogens is 308 g/mol. The van der Waals surface area contributed by atoms with Gasteiger partial charge in [0.2, 0.25) is 0 Å². The van der Waals surface area contributed by atoms with E-state index in [2.05, 4.69) is 4.40 Å². The van der Waals surface area contributed by atoms with E-state index >= 15 is 0 Å². The van der Waals surface area contributed by atoms with Crippen molar-refractivity contribution in [3.05, 3.63) is 65.2 Å². The maximum atomic E-state index is 12.4. The van der Waals surface area contributed by atoms with Crippen LogP contribution in [0.25, 0.3) is 0 Å². The summed E-state index contributed by atoms with van der Waals surface area (Å²) in [5.41, 5.74) is 0.736. The molecule has 2 rings (SSSR count). The lowest BCUT2D eigenvalue weighted by atomic mass is 10.2. The van der Waals surface area contributed by atoms with E-state index in [-0.39, 0.29) is 4.90 Å². The molecule has 0 bridgehead atoms. The number of amidine groups is 1. The van der Waals surface area contributed by atoms with Gasteiger partial charge < -0.3 is 4.90 Å². The van der Waals surface area contributed by atoms with E-state index in [1.165, 1.54) is 24.3 Å². The summed E-state index contributed by atoms with van der Waals surface area (Å²) in [6, 6.07) is 15.1. The van der Waals surface area contributed by atoms with Crippen LogP contribution < -0.4 is 0 Å². The van der Waals surface area contributed by atoms with Crippen molar-refractivity contribution in [1.82, 2.24) is 4.90 Å². The highest BCUT2D eigenvalue weighted by atomic mass is 35.5. The molecule has 0 aliphatic carbocycles. The second kappa shape index (κ2) is 6.28. The molecule has 4 nitrogen and oxygen atoms in total. The molecule has 0 atom stereocenters. The van der Waals surface area contributed by atoms with Gasteiger partial charge in [0.05, 0.1) is 4.90 Å². The van der Waals surface area contributed by atoms with E-state index in [1.807, 2.05) is 30.3 Å². The zero-order valence-electron chi connectivity index (χ0n) is 11.7. The van der Waals surface area contributed by atoms with Gasteiger partial charge in [-0.15, -0.1) is 4.40 Å². The predicted octanol–water partition coefficient (Wildman–Crippen LogP) is 3.04. The summed E-state index contributed by atoms with van der Waals surface area (Å²) in [5.74, 6) is 0.380. The maximum absolute atomic E-state index is 12.4. The Morgan fingerprint density at radius 1 is 1.00 bits per heavy atom. The quantitative estimate of drug-likeness (QED) is 0.644. The second-order valence-electron chi connectivity index (χ2n) is 4.60. The third-order valence-electron chi connectivity index (χ3n) is 2.77. The van der Waals surface area contributed by atoms with E-state index in [9.17, 15) is 8.42 Å². The number of rotatable bonds is 3. The average Bonchev–Trinajstić information content (AvgIpc) is 2.46. The van der Waals surface area contributed by atoms with Gasteiger partial charge in [0.1, 0.15) is 5.84 Å². The lowest BCUT2D eigenvalue weighted by molar-refractivity contribution is 0.592. The monoisotopic (exact) mass is 322 g/mol. The Bertz CT molecular complexity index is 739. The molecule has 0 heterocycles. The number of hydrogen-bond acceptors (Lipinski definition) is 2. The minimum atomic E-state index is -3.78. The summed E-state index contributed by atoms with van der Waals surface area (Å²) in [6.45, 7) is 0. The summed E-state index contributed by atoms with van der Waals surface area (Å²) in [6.07, 6.45) is 0. The van der Waals surface area contributed by atoms with Crippen LogP contribution in [0, 0.1) is 0 Å². The fourth-order valence-electron chi connectivity index (χ4n) is 1.75. The minimum absolute atomic E-state index is 0.113. The molecule has 0 aliphatic heterocycles. The highest BCUT2D eigenvalue weighted by Gasteiger charge is 2.16. The van der Waals surface area contributed by atoms with E-state index in [1.54, 1.807) is 19.0 Å². The van der Waals surface area contributed by atoms with Gasteiger partial charge in [-0.2, -0.15) is 8.42 Å². The summed E-state index contributed by atoms with van der Waals surface area (Å²) >= 11 is 5.77. The molecule has 2 aromatic rings. The predicted molar refractivity (Wildman–Crippen MR) is 85.3 cm³/mol. The largest absolute Gasteiger partial charge is 0.362 e. The molecule has 0 saturated heterocycles. The van der Waals surface area contributed by atoms with Crippen LogP contribution in [0.4, 0.5) is 0 Å². The molecule has 110 valence electrons. The Balaban J connectivity index is 2.49. The third-order valence-corrected chi connectivity index (χ3v) is 4.31. The second-order valence-corrected chi connectivity index (χ2v) is 6.64. The van der Waals surface area contributed by atoms with Gasteiger partial charge >= 0.3 is 0 Å². The Hall–Kier alpha value is -1.85. The molecule has 0 aliphatic rings. The van der Waals surface area contributed by atoms with Crippen LogP contribution in [0.2, 0.25) is 5.02 Å². The van der Waals surface area contributed by atoms with Gasteiger partial charge in [-0.1, -0.05) is 41.9 Å². The van der Waals surface area contributed by atoms with Crippen LogP contribution in [0.5, 0.6) is 0 Å². The van der Waals surface area contributed by atoms with Crippen LogP contribution in [0.1, 0.15) is 5.56 Å². The fraction of sp³-hybridized carbons (Fsp3) is 0.133. The number of hydrogen-bond donors (Lipinski definition) is 0. The molecule has 0 N–H and O–H groups in total. The molecule has 21 heavy (non-hydrogen) atoms. The molecule has 0 unspecified atom stereocenters. The van der Waals surface area contributed by atoms with E-state index < -0.39 is 10.0 Å². The van der Waals surface area contributed by atoms with Crippen molar-refractivity contribution in [3.8, 4) is 0 Å². The van der Waals surface area contributed by atoms with E-state index in [0.717, 1.165) is 5.56 Å². The number of sulfonamides is 1. The highest BCUT2D eigenvalue weighted by molar-refractivity contribution is 7.90. The lowest BCUT2D eigenvalue weighted by Gasteiger charge is -2.15. The third kappa shape index (κ3) is 3.83. The van der Waals surface area contributed by atoms with Crippen molar-refractivity contribution < 1.29 is 8.42 Å². The van der Waals surface area contributed by atoms with Gasteiger partial charge in [0.25, 0.3) is 10.0 Å². The van der Waals surface area contributed by atoms with E-state index in [4.69, 9.17) is 11.6 Å². The number of nitrogens with zero attached hydrogens (tertiary/aromatic N) is 2. The first-order chi connectivity index (χ1) is 9.90. The Morgan fingerprint density at radius 2 is 1.57 bits per heavy atom. The first-order valence-electron chi connectivity index (χ1n) is 6.23. The minimum Gasteiger partial charge on any atom is -0.362 e. The van der Waals surface area contributed by atoms with Crippen molar-refractivity contribution in [2.75, 3.05) is 14.1 Å². The van der Waals surface area contributed by atoms with Gasteiger partial charge in [-0.3, -0.25) is 0 Å². The first-order valence-corrected chi connectivity index (χ1v) is 8.05.